The number of hydrogen-bond donors (Lipinski definition) is 2. The fraction of sp³-hybridized carbons (Fsp3) is 0.500. The van der Waals surface area contributed by atoms with Gasteiger partial charge >= 0.3 is 0 Å². The lowest BCUT2D eigenvalue weighted by Gasteiger charge is -2.14. The molecule has 4 nitrogen and oxygen atoms in total. The highest BCUT2D eigenvalue weighted by molar-refractivity contribution is 5.94. The van der Waals surface area contributed by atoms with Gasteiger partial charge in [-0.1, -0.05) is 19.9 Å². The zero-order valence-corrected chi connectivity index (χ0v) is 11.0. The van der Waals surface area contributed by atoms with Gasteiger partial charge in [0.2, 0.25) is 0 Å². The van der Waals surface area contributed by atoms with Crippen LogP contribution in [0.5, 0.6) is 5.75 Å². The Balaban J connectivity index is 2.67. The number of carbonyl (C=O) groups excluding carboxylic acids is 1. The van der Waals surface area contributed by atoms with Gasteiger partial charge in [-0.3, -0.25) is 4.79 Å². The van der Waals surface area contributed by atoms with Crippen molar-refractivity contribution >= 4 is 5.91 Å². The lowest BCUT2D eigenvalue weighted by molar-refractivity contribution is 0.0914. The summed E-state index contributed by atoms with van der Waals surface area (Å²) >= 11 is 0. The van der Waals surface area contributed by atoms with Gasteiger partial charge in [-0.05, 0) is 31.0 Å². The summed E-state index contributed by atoms with van der Waals surface area (Å²) in [4.78, 5) is 11.9. The van der Waals surface area contributed by atoms with Crippen LogP contribution < -0.4 is 10.1 Å². The van der Waals surface area contributed by atoms with E-state index in [0.29, 0.717) is 24.3 Å². The molecule has 0 bridgehead atoms. The lowest BCUT2D eigenvalue weighted by atomic mass is 10.1. The minimum atomic E-state index is -0.197. The predicted octanol–water partition coefficient (Wildman–Crippen LogP) is 1.98. The highest BCUT2D eigenvalue weighted by atomic mass is 16.5. The summed E-state index contributed by atoms with van der Waals surface area (Å²) in [7, 11) is 0. The molecule has 2 N–H and O–H groups in total. The quantitative estimate of drug-likeness (QED) is 0.779. The molecule has 0 aliphatic carbocycles. The molecule has 0 unspecified atom stereocenters. The topological polar surface area (TPSA) is 58.6 Å². The first-order chi connectivity index (χ1) is 8.71. The van der Waals surface area contributed by atoms with Gasteiger partial charge in [0.25, 0.3) is 5.91 Å². The highest BCUT2D eigenvalue weighted by Gasteiger charge is 2.11. The predicted molar refractivity (Wildman–Crippen MR) is 70.9 cm³/mol. The van der Waals surface area contributed by atoms with Gasteiger partial charge in [0.05, 0.1) is 19.3 Å². The minimum Gasteiger partial charge on any atom is -0.494 e. The Morgan fingerprint density at radius 3 is 2.83 bits per heavy atom. The van der Waals surface area contributed by atoms with Gasteiger partial charge in [0.15, 0.2) is 0 Å². The molecule has 0 fully saturated rings. The first kappa shape index (κ1) is 14.5. The van der Waals surface area contributed by atoms with Crippen molar-refractivity contribution < 1.29 is 14.6 Å². The number of benzene rings is 1. The molecular formula is C14H21NO3. The molecule has 0 saturated carbocycles. The molecule has 1 rings (SSSR count). The van der Waals surface area contributed by atoms with Crippen molar-refractivity contribution in [1.82, 2.24) is 5.32 Å². The summed E-state index contributed by atoms with van der Waals surface area (Å²) in [5, 5.41) is 11.8. The molecule has 1 amide bonds. The maximum atomic E-state index is 11.9. The second kappa shape index (κ2) is 7.71. The minimum absolute atomic E-state index is 0.0474. The molecule has 0 spiro atoms. The van der Waals surface area contributed by atoms with Crippen LogP contribution in [0, 0.1) is 0 Å². The maximum Gasteiger partial charge on any atom is 0.251 e. The third-order valence-corrected chi connectivity index (χ3v) is 2.62. The van der Waals surface area contributed by atoms with E-state index < -0.39 is 0 Å². The molecule has 0 radical (unpaired) electrons. The van der Waals surface area contributed by atoms with E-state index in [4.69, 9.17) is 9.84 Å². The summed E-state index contributed by atoms with van der Waals surface area (Å²) in [5.74, 6) is 0.513. The number of aliphatic hydroxyl groups excluding tert-OH is 1. The maximum absolute atomic E-state index is 11.9. The molecule has 1 atom stereocenters. The number of nitrogens with one attached hydrogen (secondary N) is 1. The lowest BCUT2D eigenvalue weighted by Crippen LogP contribution is -2.36. The molecule has 100 valence electrons. The highest BCUT2D eigenvalue weighted by Crippen LogP contribution is 2.13. The van der Waals surface area contributed by atoms with E-state index in [-0.39, 0.29) is 18.6 Å². The second-order valence-corrected chi connectivity index (χ2v) is 4.14. The average molecular weight is 251 g/mol. The molecule has 0 aliphatic heterocycles. The van der Waals surface area contributed by atoms with Crippen molar-refractivity contribution in [2.45, 2.75) is 32.7 Å². The van der Waals surface area contributed by atoms with Crippen LogP contribution in [0.2, 0.25) is 0 Å². The number of carbonyl (C=O) groups is 1. The molecule has 1 aromatic rings. The van der Waals surface area contributed by atoms with E-state index >= 15 is 0 Å². The Morgan fingerprint density at radius 1 is 1.44 bits per heavy atom. The van der Waals surface area contributed by atoms with Crippen LogP contribution in [-0.2, 0) is 0 Å². The van der Waals surface area contributed by atoms with E-state index in [2.05, 4.69) is 5.32 Å². The summed E-state index contributed by atoms with van der Waals surface area (Å²) in [6, 6.07) is 6.88. The zero-order valence-electron chi connectivity index (χ0n) is 11.0. The summed E-state index contributed by atoms with van der Waals surface area (Å²) in [6.45, 7) is 4.54. The average Bonchev–Trinajstić information content (AvgIpc) is 2.42. The van der Waals surface area contributed by atoms with Crippen molar-refractivity contribution in [2.24, 2.45) is 0 Å². The van der Waals surface area contributed by atoms with Gasteiger partial charge < -0.3 is 15.2 Å². The summed E-state index contributed by atoms with van der Waals surface area (Å²) < 4.78 is 5.47. The third-order valence-electron chi connectivity index (χ3n) is 2.62. The Labute approximate surface area is 108 Å². The Bertz CT molecular complexity index is 375. The van der Waals surface area contributed by atoms with Crippen LogP contribution >= 0.6 is 0 Å². The largest absolute Gasteiger partial charge is 0.494 e. The van der Waals surface area contributed by atoms with E-state index in [1.807, 2.05) is 19.9 Å². The molecule has 0 saturated heterocycles. The number of aliphatic hydroxyl groups is 1. The number of amides is 1. The molecule has 0 aliphatic rings. The Morgan fingerprint density at radius 2 is 2.22 bits per heavy atom. The smallest absolute Gasteiger partial charge is 0.251 e. The first-order valence-corrected chi connectivity index (χ1v) is 6.35. The van der Waals surface area contributed by atoms with Gasteiger partial charge in [0, 0.05) is 5.56 Å². The monoisotopic (exact) mass is 251 g/mol. The van der Waals surface area contributed by atoms with Gasteiger partial charge in [-0.2, -0.15) is 0 Å². The van der Waals surface area contributed by atoms with E-state index in [1.165, 1.54) is 0 Å². The number of rotatable bonds is 7. The summed E-state index contributed by atoms with van der Waals surface area (Å²) in [5.41, 5.74) is 0.551. The molecule has 0 aromatic heterocycles. The Kier molecular flexibility index (Phi) is 6.22. The van der Waals surface area contributed by atoms with Gasteiger partial charge in [-0.25, -0.2) is 0 Å². The van der Waals surface area contributed by atoms with Gasteiger partial charge in [-0.15, -0.1) is 0 Å². The van der Waals surface area contributed by atoms with Crippen molar-refractivity contribution in [3.63, 3.8) is 0 Å². The van der Waals surface area contributed by atoms with Crippen LogP contribution in [0.15, 0.2) is 24.3 Å². The first-order valence-electron chi connectivity index (χ1n) is 6.35. The van der Waals surface area contributed by atoms with Crippen LogP contribution in [0.1, 0.15) is 37.0 Å². The van der Waals surface area contributed by atoms with Crippen molar-refractivity contribution in [1.29, 1.82) is 0 Å². The second-order valence-electron chi connectivity index (χ2n) is 4.14. The fourth-order valence-corrected chi connectivity index (χ4v) is 1.49. The number of hydrogen-bond acceptors (Lipinski definition) is 3. The molecule has 0 heterocycles. The summed E-state index contributed by atoms with van der Waals surface area (Å²) in [6.07, 6.45) is 1.63. The van der Waals surface area contributed by atoms with E-state index in [1.54, 1.807) is 18.2 Å². The normalized spacial score (nSPS) is 11.9. The van der Waals surface area contributed by atoms with Crippen LogP contribution in [0.3, 0.4) is 0 Å². The Hall–Kier alpha value is -1.55. The number of ether oxygens (including phenoxy) is 1. The van der Waals surface area contributed by atoms with E-state index in [9.17, 15) is 4.79 Å². The van der Waals surface area contributed by atoms with E-state index in [0.717, 1.165) is 6.42 Å². The zero-order chi connectivity index (χ0) is 13.4. The molecule has 18 heavy (non-hydrogen) atoms. The fourth-order valence-electron chi connectivity index (χ4n) is 1.49. The standard InChI is InChI=1S/C14H21NO3/c1-3-8-18-13-7-5-6-11(9-13)14(17)15-12(4-2)10-16/h5-7,9,12,16H,3-4,8,10H2,1-2H3,(H,15,17)/t12-/m1/s1. The molecule has 4 heteroatoms. The van der Waals surface area contributed by atoms with Crippen molar-refractivity contribution in [3.05, 3.63) is 29.8 Å². The van der Waals surface area contributed by atoms with Crippen LogP contribution in [0.25, 0.3) is 0 Å². The SMILES string of the molecule is CCCOc1cccc(C(=O)N[C@H](CC)CO)c1. The van der Waals surface area contributed by atoms with Crippen molar-refractivity contribution in [3.8, 4) is 5.75 Å². The van der Waals surface area contributed by atoms with Crippen molar-refractivity contribution in [2.75, 3.05) is 13.2 Å². The third kappa shape index (κ3) is 4.37. The van der Waals surface area contributed by atoms with Gasteiger partial charge in [0.1, 0.15) is 5.75 Å². The molecule has 1 aromatic carbocycles. The van der Waals surface area contributed by atoms with Crippen LogP contribution in [-0.4, -0.2) is 30.3 Å². The van der Waals surface area contributed by atoms with Crippen LogP contribution in [0.4, 0.5) is 0 Å². The molecular weight excluding hydrogens is 230 g/mol.